The molecule has 3 rings (SSSR count). The van der Waals surface area contributed by atoms with E-state index in [1.165, 1.54) is 0 Å². The highest BCUT2D eigenvalue weighted by atomic mass is 16.5. The topological polar surface area (TPSA) is 78.9 Å². The normalized spacial score (nSPS) is 19.3. The Morgan fingerprint density at radius 2 is 2.33 bits per heavy atom. The number of aryl methyl sites for hydroxylation is 1. The van der Waals surface area contributed by atoms with Crippen LogP contribution in [0.2, 0.25) is 0 Å². The number of nitrogens with zero attached hydrogens (tertiary/aromatic N) is 4. The molecular weight excluding hydrogens is 230 g/mol. The Morgan fingerprint density at radius 3 is 3.06 bits per heavy atom. The van der Waals surface area contributed by atoms with Gasteiger partial charge < -0.3 is 15.0 Å². The molecule has 0 spiro atoms. The van der Waals surface area contributed by atoms with Crippen molar-refractivity contribution in [2.75, 3.05) is 18.9 Å². The summed E-state index contributed by atoms with van der Waals surface area (Å²) < 4.78 is 7.62. The summed E-state index contributed by atoms with van der Waals surface area (Å²) >= 11 is 0. The van der Waals surface area contributed by atoms with Crippen molar-refractivity contribution in [2.45, 2.75) is 19.4 Å². The predicted molar refractivity (Wildman–Crippen MR) is 66.9 cm³/mol. The molecule has 0 saturated carbocycles. The first kappa shape index (κ1) is 11.2. The minimum atomic E-state index is 0.278. The van der Waals surface area contributed by atoms with Gasteiger partial charge in [0.25, 0.3) is 0 Å². The van der Waals surface area contributed by atoms with Crippen LogP contribution in [0.4, 0.5) is 5.95 Å². The molecule has 2 aromatic heterocycles. The minimum absolute atomic E-state index is 0.278. The van der Waals surface area contributed by atoms with Gasteiger partial charge in [0.05, 0.1) is 30.2 Å². The molecule has 0 aromatic carbocycles. The lowest BCUT2D eigenvalue weighted by Gasteiger charge is -2.15. The molecule has 1 unspecified atom stereocenters. The molecule has 3 heterocycles. The fourth-order valence-electron chi connectivity index (χ4n) is 2.35. The lowest BCUT2D eigenvalue weighted by Crippen LogP contribution is -2.12. The van der Waals surface area contributed by atoms with Crippen LogP contribution in [-0.2, 0) is 4.74 Å². The Morgan fingerprint density at radius 1 is 1.44 bits per heavy atom. The summed E-state index contributed by atoms with van der Waals surface area (Å²) in [4.78, 5) is 12.5. The Labute approximate surface area is 105 Å². The van der Waals surface area contributed by atoms with Crippen LogP contribution < -0.4 is 5.73 Å². The quantitative estimate of drug-likeness (QED) is 0.859. The summed E-state index contributed by atoms with van der Waals surface area (Å²) in [5, 5.41) is 0. The lowest BCUT2D eigenvalue weighted by molar-refractivity contribution is 0.186. The predicted octanol–water partition coefficient (Wildman–Crippen LogP) is 1.19. The molecule has 18 heavy (non-hydrogen) atoms. The SMILES string of the molecule is Cc1ncc(-c2ccnc(N)n2)n1C1CCOC1. The smallest absolute Gasteiger partial charge is 0.220 e. The van der Waals surface area contributed by atoms with Crippen molar-refractivity contribution in [3.8, 4) is 11.4 Å². The first-order valence-electron chi connectivity index (χ1n) is 5.96. The van der Waals surface area contributed by atoms with Crippen LogP contribution >= 0.6 is 0 Å². The number of rotatable bonds is 2. The third-order valence-corrected chi connectivity index (χ3v) is 3.19. The fourth-order valence-corrected chi connectivity index (χ4v) is 2.35. The number of aromatic nitrogens is 4. The van der Waals surface area contributed by atoms with E-state index in [2.05, 4.69) is 19.5 Å². The van der Waals surface area contributed by atoms with Crippen molar-refractivity contribution in [3.63, 3.8) is 0 Å². The number of hydrogen-bond acceptors (Lipinski definition) is 5. The van der Waals surface area contributed by atoms with E-state index in [9.17, 15) is 0 Å². The van der Waals surface area contributed by atoms with Crippen LogP contribution in [-0.4, -0.2) is 32.7 Å². The highest BCUT2D eigenvalue weighted by molar-refractivity contribution is 5.55. The van der Waals surface area contributed by atoms with Crippen molar-refractivity contribution in [1.29, 1.82) is 0 Å². The first-order chi connectivity index (χ1) is 8.75. The van der Waals surface area contributed by atoms with Crippen LogP contribution in [0.25, 0.3) is 11.4 Å². The second-order valence-corrected chi connectivity index (χ2v) is 4.38. The summed E-state index contributed by atoms with van der Waals surface area (Å²) in [7, 11) is 0. The van der Waals surface area contributed by atoms with Crippen LogP contribution in [0.1, 0.15) is 18.3 Å². The van der Waals surface area contributed by atoms with Gasteiger partial charge in [-0.25, -0.2) is 15.0 Å². The maximum absolute atomic E-state index is 5.63. The van der Waals surface area contributed by atoms with E-state index in [1.54, 1.807) is 6.20 Å². The van der Waals surface area contributed by atoms with Gasteiger partial charge in [0.1, 0.15) is 5.82 Å². The number of nitrogens with two attached hydrogens (primary N) is 1. The molecule has 1 aliphatic rings. The van der Waals surface area contributed by atoms with E-state index in [-0.39, 0.29) is 5.95 Å². The molecule has 2 aromatic rings. The number of ether oxygens (including phenoxy) is 1. The Bertz CT molecular complexity index is 559. The molecule has 0 amide bonds. The Kier molecular flexibility index (Phi) is 2.71. The van der Waals surface area contributed by atoms with Gasteiger partial charge in [-0.3, -0.25) is 0 Å². The van der Waals surface area contributed by atoms with Crippen LogP contribution in [0.15, 0.2) is 18.5 Å². The van der Waals surface area contributed by atoms with Crippen LogP contribution in [0.5, 0.6) is 0 Å². The van der Waals surface area contributed by atoms with Gasteiger partial charge in [-0.05, 0) is 19.4 Å². The highest BCUT2D eigenvalue weighted by Crippen LogP contribution is 2.27. The zero-order valence-electron chi connectivity index (χ0n) is 10.2. The number of hydrogen-bond donors (Lipinski definition) is 1. The van der Waals surface area contributed by atoms with E-state index < -0.39 is 0 Å². The van der Waals surface area contributed by atoms with Gasteiger partial charge in [0.2, 0.25) is 5.95 Å². The summed E-state index contributed by atoms with van der Waals surface area (Å²) in [6, 6.07) is 2.18. The molecule has 0 bridgehead atoms. The molecule has 1 aliphatic heterocycles. The molecule has 1 saturated heterocycles. The third kappa shape index (κ3) is 1.84. The average molecular weight is 245 g/mol. The van der Waals surface area contributed by atoms with E-state index >= 15 is 0 Å². The maximum atomic E-state index is 5.63. The summed E-state index contributed by atoms with van der Waals surface area (Å²) in [6.07, 6.45) is 4.50. The molecule has 1 atom stereocenters. The van der Waals surface area contributed by atoms with Crippen molar-refractivity contribution in [3.05, 3.63) is 24.3 Å². The first-order valence-corrected chi connectivity index (χ1v) is 5.96. The largest absolute Gasteiger partial charge is 0.379 e. The van der Waals surface area contributed by atoms with Crippen LogP contribution in [0.3, 0.4) is 0 Å². The van der Waals surface area contributed by atoms with E-state index in [0.29, 0.717) is 6.04 Å². The fraction of sp³-hybridized carbons (Fsp3) is 0.417. The lowest BCUT2D eigenvalue weighted by atomic mass is 10.2. The molecular formula is C12H15N5O. The van der Waals surface area contributed by atoms with Gasteiger partial charge in [0, 0.05) is 12.8 Å². The van der Waals surface area contributed by atoms with Gasteiger partial charge in [-0.15, -0.1) is 0 Å². The molecule has 6 nitrogen and oxygen atoms in total. The zero-order valence-corrected chi connectivity index (χ0v) is 10.2. The van der Waals surface area contributed by atoms with Crippen molar-refractivity contribution in [2.24, 2.45) is 0 Å². The van der Waals surface area contributed by atoms with E-state index in [4.69, 9.17) is 10.5 Å². The molecule has 1 fully saturated rings. The highest BCUT2D eigenvalue weighted by Gasteiger charge is 2.22. The molecule has 6 heteroatoms. The maximum Gasteiger partial charge on any atom is 0.220 e. The van der Waals surface area contributed by atoms with Gasteiger partial charge in [-0.2, -0.15) is 0 Å². The van der Waals surface area contributed by atoms with Gasteiger partial charge in [0.15, 0.2) is 0 Å². The van der Waals surface area contributed by atoms with Crippen molar-refractivity contribution < 1.29 is 4.74 Å². The molecule has 0 radical (unpaired) electrons. The molecule has 2 N–H and O–H groups in total. The molecule has 94 valence electrons. The van der Waals surface area contributed by atoms with Gasteiger partial charge >= 0.3 is 0 Å². The van der Waals surface area contributed by atoms with Gasteiger partial charge in [-0.1, -0.05) is 0 Å². The summed E-state index contributed by atoms with van der Waals surface area (Å²) in [5.41, 5.74) is 7.40. The number of nitrogen functional groups attached to an aromatic ring is 1. The number of imidazole rings is 1. The second kappa shape index (κ2) is 4.38. The summed E-state index contributed by atoms with van der Waals surface area (Å²) in [5.74, 6) is 1.25. The van der Waals surface area contributed by atoms with E-state index in [0.717, 1.165) is 36.8 Å². The standard InChI is InChI=1S/C12H15N5O/c1-8-15-6-11(10-2-4-14-12(13)16-10)17(8)9-3-5-18-7-9/h2,4,6,9H,3,5,7H2,1H3,(H2,13,14,16). The summed E-state index contributed by atoms with van der Waals surface area (Å²) in [6.45, 7) is 3.52. The van der Waals surface area contributed by atoms with Crippen LogP contribution in [0, 0.1) is 6.92 Å². The monoisotopic (exact) mass is 245 g/mol. The number of anilines is 1. The van der Waals surface area contributed by atoms with Crippen molar-refractivity contribution in [1.82, 2.24) is 19.5 Å². The Hall–Kier alpha value is -1.95. The van der Waals surface area contributed by atoms with E-state index in [1.807, 2.05) is 19.2 Å². The average Bonchev–Trinajstić information content (AvgIpc) is 2.97. The zero-order chi connectivity index (χ0) is 12.5. The Balaban J connectivity index is 2.07. The van der Waals surface area contributed by atoms with Crippen molar-refractivity contribution >= 4 is 5.95 Å². The second-order valence-electron chi connectivity index (χ2n) is 4.38. The molecule has 0 aliphatic carbocycles. The third-order valence-electron chi connectivity index (χ3n) is 3.19. The minimum Gasteiger partial charge on any atom is -0.379 e.